The topological polar surface area (TPSA) is 53.8 Å². The molecule has 1 aliphatic rings. The standard InChI is InChI=1S/C11H7F3IN3OS/c12-11(13,14)7-3-1-2-6(9(7)15)4-16-18-10-17-8(19)5-20-10/h1-4H,5H2,(H,17,18,19). The van der Waals surface area contributed by atoms with Crippen LogP contribution in [0.1, 0.15) is 11.1 Å². The molecule has 1 fully saturated rings. The molecule has 0 aromatic heterocycles. The van der Waals surface area contributed by atoms with Gasteiger partial charge in [-0.2, -0.15) is 18.3 Å². The zero-order chi connectivity index (χ0) is 14.8. The lowest BCUT2D eigenvalue weighted by Gasteiger charge is -2.10. The van der Waals surface area contributed by atoms with Crippen molar-refractivity contribution in [2.75, 3.05) is 5.75 Å². The number of rotatable bonds is 2. The number of amides is 1. The summed E-state index contributed by atoms with van der Waals surface area (Å²) in [6.07, 6.45) is -3.17. The molecule has 1 amide bonds. The molecule has 1 N–H and O–H groups in total. The number of carbonyl (C=O) groups excluding carboxylic acids is 1. The molecule has 1 aromatic carbocycles. The van der Waals surface area contributed by atoms with E-state index >= 15 is 0 Å². The van der Waals surface area contributed by atoms with Crippen LogP contribution in [0.15, 0.2) is 28.4 Å². The molecule has 0 atom stereocenters. The fourth-order valence-electron chi connectivity index (χ4n) is 1.39. The van der Waals surface area contributed by atoms with E-state index in [4.69, 9.17) is 0 Å². The van der Waals surface area contributed by atoms with Crippen LogP contribution in [0.3, 0.4) is 0 Å². The van der Waals surface area contributed by atoms with E-state index in [9.17, 15) is 18.0 Å². The molecule has 2 rings (SSSR count). The van der Waals surface area contributed by atoms with E-state index < -0.39 is 11.7 Å². The van der Waals surface area contributed by atoms with Crippen molar-refractivity contribution in [1.82, 2.24) is 5.32 Å². The van der Waals surface area contributed by atoms with Gasteiger partial charge < -0.3 is 5.32 Å². The van der Waals surface area contributed by atoms with Crippen molar-refractivity contribution in [3.05, 3.63) is 32.9 Å². The maximum Gasteiger partial charge on any atom is 0.417 e. The third kappa shape index (κ3) is 3.72. The van der Waals surface area contributed by atoms with Crippen molar-refractivity contribution in [3.8, 4) is 0 Å². The zero-order valence-corrected chi connectivity index (χ0v) is 12.7. The van der Waals surface area contributed by atoms with Gasteiger partial charge in [0.25, 0.3) is 0 Å². The third-order valence-electron chi connectivity index (χ3n) is 2.27. The van der Waals surface area contributed by atoms with Crippen LogP contribution in [0.25, 0.3) is 0 Å². The van der Waals surface area contributed by atoms with Gasteiger partial charge in [0.15, 0.2) is 5.17 Å². The lowest BCUT2D eigenvalue weighted by atomic mass is 10.1. The molecule has 106 valence electrons. The first-order valence-electron chi connectivity index (χ1n) is 5.27. The van der Waals surface area contributed by atoms with E-state index in [2.05, 4.69) is 15.5 Å². The SMILES string of the molecule is O=C1CSC(=NN=Cc2cccc(C(F)(F)F)c2I)N1. The second-order valence-corrected chi connectivity index (χ2v) is 5.74. The van der Waals surface area contributed by atoms with E-state index in [1.165, 1.54) is 30.1 Å². The fourth-order valence-corrected chi connectivity index (χ4v) is 2.83. The Hall–Kier alpha value is -1.10. The summed E-state index contributed by atoms with van der Waals surface area (Å²) in [5, 5.41) is 10.2. The minimum atomic E-state index is -4.40. The van der Waals surface area contributed by atoms with Gasteiger partial charge in [0.05, 0.1) is 17.5 Å². The summed E-state index contributed by atoms with van der Waals surface area (Å²) in [5.41, 5.74) is -0.391. The van der Waals surface area contributed by atoms with Gasteiger partial charge in [-0.3, -0.25) is 4.79 Å². The zero-order valence-electron chi connectivity index (χ0n) is 9.74. The molecule has 1 heterocycles. The molecule has 4 nitrogen and oxygen atoms in total. The Kier molecular flexibility index (Phi) is 4.68. The van der Waals surface area contributed by atoms with Crippen molar-refractivity contribution in [2.24, 2.45) is 10.2 Å². The summed E-state index contributed by atoms with van der Waals surface area (Å²) in [6, 6.07) is 3.84. The lowest BCUT2D eigenvalue weighted by molar-refractivity contribution is -0.138. The first-order valence-corrected chi connectivity index (χ1v) is 7.34. The number of hydrogen-bond acceptors (Lipinski definition) is 4. The summed E-state index contributed by atoms with van der Waals surface area (Å²) in [7, 11) is 0. The molecular formula is C11H7F3IN3OS. The third-order valence-corrected chi connectivity index (χ3v) is 4.33. The monoisotopic (exact) mass is 413 g/mol. The Morgan fingerprint density at radius 2 is 2.15 bits per heavy atom. The highest BCUT2D eigenvalue weighted by atomic mass is 127. The van der Waals surface area contributed by atoms with Crippen molar-refractivity contribution in [1.29, 1.82) is 0 Å². The second-order valence-electron chi connectivity index (χ2n) is 3.69. The largest absolute Gasteiger partial charge is 0.417 e. The molecule has 0 unspecified atom stereocenters. The van der Waals surface area contributed by atoms with Crippen LogP contribution in [0.5, 0.6) is 0 Å². The summed E-state index contributed by atoms with van der Waals surface area (Å²) < 4.78 is 38.2. The maximum atomic E-state index is 12.7. The van der Waals surface area contributed by atoms with Gasteiger partial charge in [0.2, 0.25) is 5.91 Å². The molecule has 1 aromatic rings. The van der Waals surface area contributed by atoms with Gasteiger partial charge in [0, 0.05) is 9.13 Å². The van der Waals surface area contributed by atoms with Crippen LogP contribution >= 0.6 is 34.4 Å². The van der Waals surface area contributed by atoms with E-state index in [0.29, 0.717) is 10.7 Å². The number of nitrogens with zero attached hydrogens (tertiary/aromatic N) is 2. The summed E-state index contributed by atoms with van der Waals surface area (Å²) in [6.45, 7) is 0. The van der Waals surface area contributed by atoms with Crippen molar-refractivity contribution < 1.29 is 18.0 Å². The number of hydrogen-bond donors (Lipinski definition) is 1. The van der Waals surface area contributed by atoms with Crippen LogP contribution in [-0.2, 0) is 11.0 Å². The number of thioether (sulfide) groups is 1. The normalized spacial score (nSPS) is 18.0. The van der Waals surface area contributed by atoms with Gasteiger partial charge in [0.1, 0.15) is 0 Å². The number of halogens is 4. The predicted molar refractivity (Wildman–Crippen MR) is 79.8 cm³/mol. The Morgan fingerprint density at radius 3 is 2.75 bits per heavy atom. The molecule has 0 radical (unpaired) electrons. The Bertz CT molecular complexity index is 601. The van der Waals surface area contributed by atoms with E-state index in [1.807, 2.05) is 0 Å². The van der Waals surface area contributed by atoms with E-state index in [0.717, 1.165) is 6.07 Å². The molecule has 20 heavy (non-hydrogen) atoms. The van der Waals surface area contributed by atoms with Crippen molar-refractivity contribution >= 4 is 51.6 Å². The van der Waals surface area contributed by atoms with Gasteiger partial charge in [-0.25, -0.2) is 0 Å². The molecule has 9 heteroatoms. The average molecular weight is 413 g/mol. The number of amidine groups is 1. The Labute approximate surface area is 130 Å². The molecule has 0 spiro atoms. The average Bonchev–Trinajstić information content (AvgIpc) is 2.76. The van der Waals surface area contributed by atoms with Crippen LogP contribution in [-0.4, -0.2) is 23.0 Å². The molecule has 0 saturated carbocycles. The predicted octanol–water partition coefficient (Wildman–Crippen LogP) is 2.86. The Morgan fingerprint density at radius 1 is 1.40 bits per heavy atom. The smallest absolute Gasteiger partial charge is 0.303 e. The summed E-state index contributed by atoms with van der Waals surface area (Å²) in [5.74, 6) is 0.104. The van der Waals surface area contributed by atoms with Crippen molar-refractivity contribution in [2.45, 2.75) is 6.18 Å². The first-order chi connectivity index (χ1) is 9.38. The van der Waals surface area contributed by atoms with Gasteiger partial charge in [-0.15, -0.1) is 5.10 Å². The lowest BCUT2D eigenvalue weighted by Crippen LogP contribution is -2.19. The summed E-state index contributed by atoms with van der Waals surface area (Å²) in [4.78, 5) is 10.9. The van der Waals surface area contributed by atoms with Gasteiger partial charge in [-0.05, 0) is 28.7 Å². The number of carbonyl (C=O) groups is 1. The molecule has 1 aliphatic heterocycles. The second kappa shape index (κ2) is 6.12. The molecule has 0 aliphatic carbocycles. The quantitative estimate of drug-likeness (QED) is 0.461. The van der Waals surface area contributed by atoms with Crippen molar-refractivity contribution in [3.63, 3.8) is 0 Å². The maximum absolute atomic E-state index is 12.7. The van der Waals surface area contributed by atoms with Crippen LogP contribution in [0, 0.1) is 3.57 Å². The molecular weight excluding hydrogens is 406 g/mol. The number of alkyl halides is 3. The van der Waals surface area contributed by atoms with E-state index in [1.54, 1.807) is 22.6 Å². The fraction of sp³-hybridized carbons (Fsp3) is 0.182. The highest BCUT2D eigenvalue weighted by Crippen LogP contribution is 2.33. The van der Waals surface area contributed by atoms with Gasteiger partial charge >= 0.3 is 6.18 Å². The summed E-state index contributed by atoms with van der Waals surface area (Å²) >= 11 is 2.81. The molecule has 0 bridgehead atoms. The van der Waals surface area contributed by atoms with E-state index in [-0.39, 0.29) is 15.2 Å². The minimum absolute atomic E-state index is 0.0599. The molecule has 1 saturated heterocycles. The Balaban J connectivity index is 2.20. The minimum Gasteiger partial charge on any atom is -0.303 e. The van der Waals surface area contributed by atoms with Crippen LogP contribution < -0.4 is 5.32 Å². The highest BCUT2D eigenvalue weighted by Gasteiger charge is 2.33. The number of benzene rings is 1. The van der Waals surface area contributed by atoms with Gasteiger partial charge in [-0.1, -0.05) is 23.9 Å². The van der Waals surface area contributed by atoms with Crippen LogP contribution in [0.4, 0.5) is 13.2 Å². The highest BCUT2D eigenvalue weighted by molar-refractivity contribution is 14.1. The van der Waals surface area contributed by atoms with Crippen LogP contribution in [0.2, 0.25) is 0 Å². The number of nitrogens with one attached hydrogen (secondary N) is 1. The first kappa shape index (κ1) is 15.3.